The van der Waals surface area contributed by atoms with Crippen molar-refractivity contribution in [2.45, 2.75) is 44.6 Å². The van der Waals surface area contributed by atoms with Crippen LogP contribution >= 0.6 is 0 Å². The first kappa shape index (κ1) is 36.7. The minimum absolute atomic E-state index is 0.0113. The second-order valence-electron chi connectivity index (χ2n) is 13.5. The van der Waals surface area contributed by atoms with E-state index in [0.717, 1.165) is 21.4 Å². The highest BCUT2D eigenvalue weighted by molar-refractivity contribution is 6.09. The molecule has 0 saturated carbocycles. The Morgan fingerprint density at radius 3 is 2.40 bits per heavy atom. The van der Waals surface area contributed by atoms with Crippen molar-refractivity contribution in [3.63, 3.8) is 0 Å². The summed E-state index contributed by atoms with van der Waals surface area (Å²) in [6.45, 7) is 0.767. The summed E-state index contributed by atoms with van der Waals surface area (Å²) in [6, 6.07) is 25.4. The molecule has 0 spiro atoms. The number of fused-ring (bicyclic) bond motifs is 5. The van der Waals surface area contributed by atoms with Crippen LogP contribution in [0.25, 0.3) is 22.3 Å². The maximum Gasteiger partial charge on any atom is 0.411 e. The molecule has 2 aliphatic heterocycles. The number of primary amides is 1. The van der Waals surface area contributed by atoms with Crippen LogP contribution in [-0.4, -0.2) is 69.8 Å². The molecule has 3 amide bonds. The topological polar surface area (TPSA) is 206 Å². The molecule has 0 saturated heterocycles. The maximum absolute atomic E-state index is 13.9. The molecule has 5 aromatic rings. The van der Waals surface area contributed by atoms with Crippen LogP contribution in [0.3, 0.4) is 0 Å². The highest BCUT2D eigenvalue weighted by atomic mass is 16.6. The lowest BCUT2D eigenvalue weighted by Crippen LogP contribution is -2.53. The number of ether oxygens (including phenoxy) is 2. The monoisotopic (exact) mass is 742 g/mol. The standard InChI is InChI=1S/C41H38N6O8/c1-2-41(30-20-33-35-28(19-27-10-6-7-11-31(27)45-35)21-47(33)38(51)29(30)23-54-39(41)52)55-40(53)46(17-16-42)22-34(48)44-32(37(43)50)18-24-12-14-26(15-13-24)36(49)25-8-4-3-5-9-25/h3-15,19-20,32H,2,16-18,21-23,42H2,1H3,(H2,43,50)(H,44,48)/t32?,41-/m0/s1. The number of aromatic nitrogens is 2. The predicted molar refractivity (Wildman–Crippen MR) is 201 cm³/mol. The van der Waals surface area contributed by atoms with Gasteiger partial charge in [-0.15, -0.1) is 0 Å². The Labute approximate surface area is 315 Å². The minimum Gasteiger partial charge on any atom is -0.457 e. The number of carbonyl (C=O) groups is 5. The second-order valence-corrected chi connectivity index (χ2v) is 13.5. The van der Waals surface area contributed by atoms with Gasteiger partial charge in [-0.2, -0.15) is 0 Å². The summed E-state index contributed by atoms with van der Waals surface area (Å²) >= 11 is 0. The van der Waals surface area contributed by atoms with Crippen molar-refractivity contribution < 1.29 is 33.4 Å². The summed E-state index contributed by atoms with van der Waals surface area (Å²) in [5.74, 6) is -2.60. The molecule has 14 heteroatoms. The molecule has 14 nitrogen and oxygen atoms in total. The number of rotatable bonds is 12. The van der Waals surface area contributed by atoms with Crippen molar-refractivity contribution in [2.75, 3.05) is 19.6 Å². The molecule has 2 aromatic heterocycles. The fourth-order valence-electron chi connectivity index (χ4n) is 7.11. The van der Waals surface area contributed by atoms with E-state index in [-0.39, 0.29) is 56.0 Å². The quantitative estimate of drug-likeness (QED) is 0.123. The number of cyclic esters (lactones) is 1. The number of ketones is 1. The van der Waals surface area contributed by atoms with E-state index in [9.17, 15) is 28.8 Å². The molecular formula is C41H38N6O8. The van der Waals surface area contributed by atoms with Crippen molar-refractivity contribution >= 4 is 40.6 Å². The van der Waals surface area contributed by atoms with E-state index in [1.54, 1.807) is 66.1 Å². The molecule has 1 unspecified atom stereocenters. The zero-order chi connectivity index (χ0) is 38.9. The highest BCUT2D eigenvalue weighted by Crippen LogP contribution is 2.41. The normalized spacial score (nSPS) is 15.9. The molecular weight excluding hydrogens is 704 g/mol. The fraction of sp³-hybridized carbons (Fsp3) is 0.244. The molecule has 0 radical (unpaired) electrons. The molecule has 3 aromatic carbocycles. The average Bonchev–Trinajstić information content (AvgIpc) is 3.55. The third-order valence-corrected chi connectivity index (χ3v) is 10.0. The van der Waals surface area contributed by atoms with Crippen molar-refractivity contribution in [3.8, 4) is 11.4 Å². The molecule has 7 rings (SSSR count). The molecule has 5 N–H and O–H groups in total. The van der Waals surface area contributed by atoms with Crippen LogP contribution in [0.1, 0.15) is 51.5 Å². The van der Waals surface area contributed by atoms with Gasteiger partial charge in [-0.05, 0) is 30.2 Å². The summed E-state index contributed by atoms with van der Waals surface area (Å²) < 4.78 is 13.0. The van der Waals surface area contributed by atoms with Gasteiger partial charge >= 0.3 is 12.1 Å². The molecule has 0 bridgehead atoms. The first-order valence-electron chi connectivity index (χ1n) is 17.8. The number of benzene rings is 3. The van der Waals surface area contributed by atoms with Gasteiger partial charge in [0.05, 0.1) is 29.0 Å². The second kappa shape index (κ2) is 15.0. The number of nitrogens with two attached hydrogens (primary N) is 2. The lowest BCUT2D eigenvalue weighted by molar-refractivity contribution is -0.173. The summed E-state index contributed by atoms with van der Waals surface area (Å²) in [5, 5.41) is 3.48. The number of nitrogens with one attached hydrogen (secondary N) is 1. The Kier molecular flexibility index (Phi) is 10.00. The molecule has 4 heterocycles. The van der Waals surface area contributed by atoms with Gasteiger partial charge < -0.3 is 30.8 Å². The third kappa shape index (κ3) is 6.95. The Balaban J connectivity index is 1.09. The lowest BCUT2D eigenvalue weighted by Gasteiger charge is -2.37. The van der Waals surface area contributed by atoms with Crippen molar-refractivity contribution in [1.29, 1.82) is 0 Å². The number of pyridine rings is 2. The van der Waals surface area contributed by atoms with E-state index >= 15 is 0 Å². The Bertz CT molecular complexity index is 2410. The first-order valence-corrected chi connectivity index (χ1v) is 17.8. The van der Waals surface area contributed by atoms with Crippen LogP contribution < -0.4 is 22.3 Å². The predicted octanol–water partition coefficient (Wildman–Crippen LogP) is 2.93. The van der Waals surface area contributed by atoms with Gasteiger partial charge in [0.2, 0.25) is 17.4 Å². The molecule has 2 aliphatic rings. The van der Waals surface area contributed by atoms with Gasteiger partial charge in [0, 0.05) is 47.2 Å². The molecule has 2 atom stereocenters. The molecule has 0 fully saturated rings. The van der Waals surface area contributed by atoms with Crippen LogP contribution in [-0.2, 0) is 49.0 Å². The number of hydrogen-bond acceptors (Lipinski definition) is 10. The van der Waals surface area contributed by atoms with Gasteiger partial charge in [-0.25, -0.2) is 14.6 Å². The maximum atomic E-state index is 13.9. The van der Waals surface area contributed by atoms with Crippen LogP contribution in [0.15, 0.2) is 95.8 Å². The largest absolute Gasteiger partial charge is 0.457 e. The van der Waals surface area contributed by atoms with E-state index in [1.165, 1.54) is 0 Å². The first-order chi connectivity index (χ1) is 26.5. The van der Waals surface area contributed by atoms with Gasteiger partial charge in [-0.3, -0.25) is 24.1 Å². The number of esters is 1. The van der Waals surface area contributed by atoms with Gasteiger partial charge in [0.1, 0.15) is 19.2 Å². The van der Waals surface area contributed by atoms with E-state index in [1.807, 2.05) is 36.4 Å². The SMILES string of the molecule is CC[C@@]1(OC(=O)N(CCN)CC(=O)NC(Cc2ccc(C(=O)c3ccccc3)cc2)C(N)=O)C(=O)OCc2c1cc1n(c2=O)Cc2cc3ccccc3nc2-1. The van der Waals surface area contributed by atoms with E-state index in [2.05, 4.69) is 5.32 Å². The lowest BCUT2D eigenvalue weighted by atomic mass is 9.85. The van der Waals surface area contributed by atoms with Crippen molar-refractivity contribution in [2.24, 2.45) is 11.5 Å². The third-order valence-electron chi connectivity index (χ3n) is 10.0. The minimum atomic E-state index is -2.02. The van der Waals surface area contributed by atoms with Gasteiger partial charge in [0.25, 0.3) is 5.56 Å². The van der Waals surface area contributed by atoms with Crippen LogP contribution in [0.5, 0.6) is 0 Å². The highest BCUT2D eigenvalue weighted by Gasteiger charge is 2.51. The summed E-state index contributed by atoms with van der Waals surface area (Å²) in [7, 11) is 0. The fourth-order valence-corrected chi connectivity index (χ4v) is 7.11. The number of hydrogen-bond donors (Lipinski definition) is 3. The molecule has 55 heavy (non-hydrogen) atoms. The van der Waals surface area contributed by atoms with Crippen LogP contribution in [0.2, 0.25) is 0 Å². The number of nitrogens with zero attached hydrogens (tertiary/aromatic N) is 3. The van der Waals surface area contributed by atoms with Crippen molar-refractivity contribution in [1.82, 2.24) is 19.8 Å². The number of para-hydroxylation sites is 1. The summed E-state index contributed by atoms with van der Waals surface area (Å²) in [6.07, 6.45) is -1.14. The Morgan fingerprint density at radius 1 is 0.982 bits per heavy atom. The zero-order valence-electron chi connectivity index (χ0n) is 29.9. The van der Waals surface area contributed by atoms with E-state index in [4.69, 9.17) is 25.9 Å². The summed E-state index contributed by atoms with van der Waals surface area (Å²) in [5.41, 5.74) is 13.6. The molecule has 280 valence electrons. The average molecular weight is 743 g/mol. The number of carbonyl (C=O) groups excluding carboxylic acids is 5. The summed E-state index contributed by atoms with van der Waals surface area (Å²) in [4.78, 5) is 85.7. The van der Waals surface area contributed by atoms with Crippen LogP contribution in [0.4, 0.5) is 4.79 Å². The Hall–Kier alpha value is -6.67. The smallest absolute Gasteiger partial charge is 0.411 e. The molecule has 0 aliphatic carbocycles. The van der Waals surface area contributed by atoms with Gasteiger partial charge in [-0.1, -0.05) is 79.7 Å². The van der Waals surface area contributed by atoms with E-state index < -0.39 is 47.6 Å². The van der Waals surface area contributed by atoms with Crippen molar-refractivity contribution in [3.05, 3.63) is 135 Å². The number of amides is 3. The van der Waals surface area contributed by atoms with Gasteiger partial charge in [0.15, 0.2) is 5.78 Å². The van der Waals surface area contributed by atoms with Crippen LogP contribution in [0, 0.1) is 0 Å². The Morgan fingerprint density at radius 2 is 1.69 bits per heavy atom. The van der Waals surface area contributed by atoms with E-state index in [0.29, 0.717) is 28.1 Å². The zero-order valence-corrected chi connectivity index (χ0v) is 29.9.